The average Bonchev–Trinajstić information content (AvgIpc) is 2.27. The molecule has 2 N–H and O–H groups in total. The van der Waals surface area contributed by atoms with Gasteiger partial charge in [-0.05, 0) is 17.6 Å². The van der Waals surface area contributed by atoms with Gasteiger partial charge in [-0.15, -0.1) is 0 Å². The summed E-state index contributed by atoms with van der Waals surface area (Å²) in [6.07, 6.45) is -3.79. The number of halogens is 4. The molecule has 0 aliphatic carbocycles. The second-order valence-electron chi connectivity index (χ2n) is 3.29. The first-order valence-electron chi connectivity index (χ1n) is 4.58. The second-order valence-corrected chi connectivity index (χ2v) is 3.29. The molecule has 0 saturated heterocycles. The Morgan fingerprint density at radius 1 is 1.18 bits per heavy atom. The third-order valence-corrected chi connectivity index (χ3v) is 1.93. The third-order valence-electron chi connectivity index (χ3n) is 1.93. The van der Waals surface area contributed by atoms with Gasteiger partial charge in [-0.25, -0.2) is 8.78 Å². The molecular weight excluding hydrogens is 243 g/mol. The van der Waals surface area contributed by atoms with Crippen LogP contribution >= 0.6 is 0 Å². The molecule has 1 aromatic carbocycles. The topological polar surface area (TPSA) is 49.7 Å². The molecule has 0 saturated carbocycles. The Hall–Kier alpha value is -1.28. The second kappa shape index (κ2) is 5.37. The van der Waals surface area contributed by atoms with Crippen molar-refractivity contribution in [1.29, 1.82) is 0 Å². The van der Waals surface area contributed by atoms with Gasteiger partial charge in [0.05, 0.1) is 0 Å². The molecule has 0 bridgehead atoms. The number of ether oxygens (including phenoxy) is 1. The molecule has 17 heavy (non-hydrogen) atoms. The van der Waals surface area contributed by atoms with Gasteiger partial charge in [0.15, 0.2) is 6.61 Å². The number of alkyl halides is 4. The molecular formula is C9H9BF4O3. The summed E-state index contributed by atoms with van der Waals surface area (Å²) in [5.41, 5.74) is 0.137. The normalized spacial score (nSPS) is 11.7. The van der Waals surface area contributed by atoms with Gasteiger partial charge >= 0.3 is 19.5 Å². The lowest BCUT2D eigenvalue weighted by molar-refractivity contribution is -0.148. The van der Waals surface area contributed by atoms with E-state index >= 15 is 0 Å². The molecule has 0 aromatic heterocycles. The van der Waals surface area contributed by atoms with Gasteiger partial charge in [0, 0.05) is 0 Å². The Bertz CT molecular complexity index is 356. The minimum Gasteiger partial charge on any atom is -0.487 e. The van der Waals surface area contributed by atoms with Gasteiger partial charge in [-0.3, -0.25) is 0 Å². The van der Waals surface area contributed by atoms with E-state index in [0.717, 1.165) is 0 Å². The van der Waals surface area contributed by atoms with Crippen molar-refractivity contribution in [3.8, 4) is 5.75 Å². The Morgan fingerprint density at radius 2 is 1.71 bits per heavy atom. The van der Waals surface area contributed by atoms with Gasteiger partial charge < -0.3 is 14.8 Å². The molecule has 0 aliphatic rings. The monoisotopic (exact) mass is 252 g/mol. The lowest BCUT2D eigenvalue weighted by Crippen LogP contribution is -2.34. The Balaban J connectivity index is 2.59. The zero-order chi connectivity index (χ0) is 13.1. The zero-order valence-corrected chi connectivity index (χ0v) is 8.49. The highest BCUT2D eigenvalue weighted by atomic mass is 19.3. The molecule has 0 fully saturated rings. The van der Waals surface area contributed by atoms with Gasteiger partial charge in [-0.2, -0.15) is 8.78 Å². The maximum Gasteiger partial charge on any atom is 0.488 e. The number of hydrogen-bond donors (Lipinski definition) is 2. The quantitative estimate of drug-likeness (QED) is 0.597. The van der Waals surface area contributed by atoms with Crippen molar-refractivity contribution in [2.75, 3.05) is 6.61 Å². The molecule has 0 unspecified atom stereocenters. The van der Waals surface area contributed by atoms with Crippen LogP contribution in [0.3, 0.4) is 0 Å². The Morgan fingerprint density at radius 3 is 2.12 bits per heavy atom. The molecule has 1 rings (SSSR count). The van der Waals surface area contributed by atoms with E-state index in [9.17, 15) is 17.6 Å². The molecule has 0 heterocycles. The predicted octanol–water partition coefficient (Wildman–Crippen LogP) is 0.646. The summed E-state index contributed by atoms with van der Waals surface area (Å²) in [5.74, 6) is -4.27. The van der Waals surface area contributed by atoms with E-state index in [1.54, 1.807) is 0 Å². The first kappa shape index (κ1) is 13.8. The molecule has 0 aliphatic heterocycles. The van der Waals surface area contributed by atoms with E-state index in [0.29, 0.717) is 0 Å². The predicted molar refractivity (Wildman–Crippen MR) is 52.7 cm³/mol. The fourth-order valence-corrected chi connectivity index (χ4v) is 0.979. The minimum absolute atomic E-state index is 0.0604. The maximum atomic E-state index is 12.5. The van der Waals surface area contributed by atoms with E-state index in [1.807, 2.05) is 0 Å². The highest BCUT2D eigenvalue weighted by Crippen LogP contribution is 2.23. The molecule has 3 nitrogen and oxygen atoms in total. The van der Waals surface area contributed by atoms with E-state index in [4.69, 9.17) is 10.0 Å². The van der Waals surface area contributed by atoms with Crippen LogP contribution in [0.5, 0.6) is 5.75 Å². The van der Waals surface area contributed by atoms with Crippen LogP contribution in [0, 0.1) is 0 Å². The fourth-order valence-electron chi connectivity index (χ4n) is 0.979. The molecule has 0 amide bonds. The van der Waals surface area contributed by atoms with Gasteiger partial charge in [0.2, 0.25) is 0 Å². The summed E-state index contributed by atoms with van der Waals surface area (Å²) in [7, 11) is -1.69. The SMILES string of the molecule is OB(O)c1ccc(OCC(F)(F)C(F)F)cc1. The largest absolute Gasteiger partial charge is 0.488 e. The van der Waals surface area contributed by atoms with Crippen molar-refractivity contribution in [3.05, 3.63) is 24.3 Å². The van der Waals surface area contributed by atoms with E-state index < -0.39 is 26.1 Å². The standard InChI is InChI=1S/C9H9BF4O3/c11-8(12)9(13,14)5-17-7-3-1-6(2-4-7)10(15)16/h1-4,8,15-16H,5H2. The van der Waals surface area contributed by atoms with Crippen LogP contribution in [0.4, 0.5) is 17.6 Å². The van der Waals surface area contributed by atoms with E-state index in [-0.39, 0.29) is 11.2 Å². The first-order chi connectivity index (χ1) is 7.83. The third kappa shape index (κ3) is 3.90. The maximum absolute atomic E-state index is 12.5. The van der Waals surface area contributed by atoms with Crippen LogP contribution < -0.4 is 10.2 Å². The van der Waals surface area contributed by atoms with Crippen LogP contribution in [-0.4, -0.2) is 36.1 Å². The molecule has 0 radical (unpaired) electrons. The molecule has 8 heteroatoms. The molecule has 0 atom stereocenters. The Labute approximate surface area is 94.8 Å². The zero-order valence-electron chi connectivity index (χ0n) is 8.49. The summed E-state index contributed by atoms with van der Waals surface area (Å²) in [6, 6.07) is 4.80. The number of benzene rings is 1. The smallest absolute Gasteiger partial charge is 0.487 e. The lowest BCUT2D eigenvalue weighted by atomic mass is 9.80. The summed E-state index contributed by atoms with van der Waals surface area (Å²) < 4.78 is 53.0. The van der Waals surface area contributed by atoms with Crippen LogP contribution in [0.2, 0.25) is 0 Å². The average molecular weight is 252 g/mol. The van der Waals surface area contributed by atoms with E-state index in [2.05, 4.69) is 4.74 Å². The van der Waals surface area contributed by atoms with Crippen LogP contribution in [0.25, 0.3) is 0 Å². The van der Waals surface area contributed by atoms with Gasteiger partial charge in [-0.1, -0.05) is 12.1 Å². The molecule has 1 aromatic rings. The number of rotatable bonds is 5. The minimum atomic E-state index is -4.21. The summed E-state index contributed by atoms with van der Waals surface area (Å²) in [4.78, 5) is 0. The number of hydrogen-bond acceptors (Lipinski definition) is 3. The van der Waals surface area contributed by atoms with Crippen LogP contribution in [0.1, 0.15) is 0 Å². The van der Waals surface area contributed by atoms with E-state index in [1.165, 1.54) is 24.3 Å². The molecule has 94 valence electrons. The summed E-state index contributed by atoms with van der Waals surface area (Å²) in [5, 5.41) is 17.5. The van der Waals surface area contributed by atoms with Crippen LogP contribution in [0.15, 0.2) is 24.3 Å². The van der Waals surface area contributed by atoms with Crippen molar-refractivity contribution in [2.45, 2.75) is 12.3 Å². The van der Waals surface area contributed by atoms with Crippen molar-refractivity contribution < 1.29 is 32.3 Å². The van der Waals surface area contributed by atoms with Crippen LogP contribution in [-0.2, 0) is 0 Å². The lowest BCUT2D eigenvalue weighted by Gasteiger charge is -2.16. The van der Waals surface area contributed by atoms with Crippen molar-refractivity contribution in [2.24, 2.45) is 0 Å². The summed E-state index contributed by atoms with van der Waals surface area (Å²) in [6.45, 7) is -1.44. The Kier molecular flexibility index (Phi) is 4.36. The highest BCUT2D eigenvalue weighted by Gasteiger charge is 2.41. The van der Waals surface area contributed by atoms with Crippen molar-refractivity contribution in [3.63, 3.8) is 0 Å². The fraction of sp³-hybridized carbons (Fsp3) is 0.333. The highest BCUT2D eigenvalue weighted by molar-refractivity contribution is 6.58. The van der Waals surface area contributed by atoms with Crippen molar-refractivity contribution in [1.82, 2.24) is 0 Å². The van der Waals surface area contributed by atoms with Crippen molar-refractivity contribution >= 4 is 12.6 Å². The summed E-state index contributed by atoms with van der Waals surface area (Å²) >= 11 is 0. The van der Waals surface area contributed by atoms with Gasteiger partial charge in [0.25, 0.3) is 0 Å². The van der Waals surface area contributed by atoms with Gasteiger partial charge in [0.1, 0.15) is 5.75 Å². The first-order valence-corrected chi connectivity index (χ1v) is 4.58. The molecule has 0 spiro atoms.